The molecule has 1 saturated heterocycles. The number of nitrogens with two attached hydrogens (primary N) is 1. The van der Waals surface area contributed by atoms with Crippen molar-refractivity contribution in [3.05, 3.63) is 34.1 Å². The molecule has 0 bridgehead atoms. The Labute approximate surface area is 114 Å². The molecule has 0 saturated carbocycles. The second-order valence-electron chi connectivity index (χ2n) is 3.96. The quantitative estimate of drug-likeness (QED) is 0.861. The Hall–Kier alpha value is -0.650. The molecule has 1 fully saturated rings. The molecule has 1 atom stereocenters. The Morgan fingerprint density at radius 1 is 1.47 bits per heavy atom. The number of likely N-dealkylation sites (tertiary alicyclic amines) is 1. The third-order valence-corrected chi connectivity index (χ3v) is 3.08. The number of hydrogen-bond donors (Lipinski definition) is 1. The van der Waals surface area contributed by atoms with Crippen molar-refractivity contribution in [2.24, 2.45) is 5.73 Å². The van der Waals surface area contributed by atoms with Crippen molar-refractivity contribution in [2.45, 2.75) is 12.5 Å². The molecular weight excluding hydrogens is 310 g/mol. The average molecular weight is 324 g/mol. The van der Waals surface area contributed by atoms with Crippen LogP contribution in [-0.2, 0) is 0 Å². The third kappa shape index (κ3) is 3.40. The van der Waals surface area contributed by atoms with Crippen LogP contribution in [0.15, 0.2) is 22.7 Å². The number of hydrogen-bond acceptors (Lipinski definition) is 2. The smallest absolute Gasteiger partial charge is 0.254 e. The van der Waals surface area contributed by atoms with E-state index in [1.807, 2.05) is 0 Å². The van der Waals surface area contributed by atoms with Gasteiger partial charge in [0.1, 0.15) is 5.82 Å². The van der Waals surface area contributed by atoms with Crippen LogP contribution in [0.4, 0.5) is 4.39 Å². The molecule has 0 spiro atoms. The van der Waals surface area contributed by atoms with Crippen molar-refractivity contribution >= 4 is 34.2 Å². The van der Waals surface area contributed by atoms with Gasteiger partial charge >= 0.3 is 0 Å². The monoisotopic (exact) mass is 322 g/mol. The summed E-state index contributed by atoms with van der Waals surface area (Å²) in [7, 11) is 0. The van der Waals surface area contributed by atoms with E-state index < -0.39 is 5.82 Å². The highest BCUT2D eigenvalue weighted by Crippen LogP contribution is 2.18. The highest BCUT2D eigenvalue weighted by atomic mass is 79.9. The lowest BCUT2D eigenvalue weighted by Gasteiger charge is -2.15. The van der Waals surface area contributed by atoms with Gasteiger partial charge in [0.05, 0.1) is 0 Å². The van der Waals surface area contributed by atoms with Gasteiger partial charge in [-0.05, 0) is 24.6 Å². The largest absolute Gasteiger partial charge is 0.337 e. The average Bonchev–Trinajstić information content (AvgIpc) is 2.62. The number of benzene rings is 1. The summed E-state index contributed by atoms with van der Waals surface area (Å²) in [6.07, 6.45) is 0.808. The zero-order valence-corrected chi connectivity index (χ0v) is 11.4. The number of rotatable bonds is 1. The molecule has 1 aliphatic heterocycles. The molecule has 1 amide bonds. The number of nitrogens with zero attached hydrogens (tertiary/aromatic N) is 1. The second-order valence-corrected chi connectivity index (χ2v) is 4.87. The molecule has 2 rings (SSSR count). The summed E-state index contributed by atoms with van der Waals surface area (Å²) in [5.74, 6) is -0.575. The van der Waals surface area contributed by atoms with Crippen molar-refractivity contribution in [3.8, 4) is 0 Å². The van der Waals surface area contributed by atoms with Crippen LogP contribution >= 0.6 is 28.3 Å². The lowest BCUT2D eigenvalue weighted by Crippen LogP contribution is -2.31. The normalized spacial score (nSPS) is 19.0. The van der Waals surface area contributed by atoms with E-state index in [2.05, 4.69) is 15.9 Å². The predicted molar refractivity (Wildman–Crippen MR) is 69.8 cm³/mol. The van der Waals surface area contributed by atoms with E-state index in [9.17, 15) is 9.18 Å². The maximum Gasteiger partial charge on any atom is 0.254 e. The molecule has 0 aromatic heterocycles. The lowest BCUT2D eigenvalue weighted by molar-refractivity contribution is 0.0790. The zero-order chi connectivity index (χ0) is 11.7. The Morgan fingerprint density at radius 2 is 2.18 bits per heavy atom. The van der Waals surface area contributed by atoms with Crippen LogP contribution in [0.3, 0.4) is 0 Å². The highest BCUT2D eigenvalue weighted by Gasteiger charge is 2.24. The summed E-state index contributed by atoms with van der Waals surface area (Å²) in [5.41, 5.74) is 6.09. The van der Waals surface area contributed by atoms with Gasteiger partial charge in [-0.1, -0.05) is 15.9 Å². The van der Waals surface area contributed by atoms with Crippen LogP contribution < -0.4 is 5.73 Å². The summed E-state index contributed by atoms with van der Waals surface area (Å²) in [4.78, 5) is 13.6. The molecule has 1 unspecified atom stereocenters. The number of halogens is 3. The fourth-order valence-corrected chi connectivity index (χ4v) is 2.30. The van der Waals surface area contributed by atoms with Gasteiger partial charge in [0.2, 0.25) is 0 Å². The minimum Gasteiger partial charge on any atom is -0.337 e. The van der Waals surface area contributed by atoms with Gasteiger partial charge < -0.3 is 10.6 Å². The van der Waals surface area contributed by atoms with Gasteiger partial charge in [-0.2, -0.15) is 0 Å². The van der Waals surface area contributed by atoms with Gasteiger partial charge in [-0.15, -0.1) is 12.4 Å². The summed E-state index contributed by atoms with van der Waals surface area (Å²) in [6, 6.07) is 4.24. The summed E-state index contributed by atoms with van der Waals surface area (Å²) < 4.78 is 13.7. The van der Waals surface area contributed by atoms with Crippen LogP contribution in [0.25, 0.3) is 0 Å². The van der Waals surface area contributed by atoms with Crippen molar-refractivity contribution in [3.63, 3.8) is 0 Å². The maximum atomic E-state index is 13.1. The molecule has 3 nitrogen and oxygen atoms in total. The zero-order valence-electron chi connectivity index (χ0n) is 9.03. The van der Waals surface area contributed by atoms with E-state index >= 15 is 0 Å². The first-order chi connectivity index (χ1) is 7.56. The van der Waals surface area contributed by atoms with Crippen LogP contribution in [0.2, 0.25) is 0 Å². The van der Waals surface area contributed by atoms with Crippen molar-refractivity contribution in [1.82, 2.24) is 4.90 Å². The van der Waals surface area contributed by atoms with Crippen LogP contribution in [-0.4, -0.2) is 29.9 Å². The first-order valence-corrected chi connectivity index (χ1v) is 5.86. The Bertz CT molecular complexity index is 410. The Morgan fingerprint density at radius 3 is 2.71 bits per heavy atom. The third-order valence-electron chi connectivity index (χ3n) is 2.62. The minimum absolute atomic E-state index is 0. The van der Waals surface area contributed by atoms with Crippen LogP contribution in [0.5, 0.6) is 0 Å². The Kier molecular flexibility index (Phi) is 4.91. The van der Waals surface area contributed by atoms with Gasteiger partial charge in [0, 0.05) is 29.2 Å². The summed E-state index contributed by atoms with van der Waals surface area (Å²) in [6.45, 7) is 1.20. The number of carbonyl (C=O) groups is 1. The first kappa shape index (κ1) is 14.4. The van der Waals surface area contributed by atoms with Crippen LogP contribution in [0.1, 0.15) is 16.8 Å². The lowest BCUT2D eigenvalue weighted by atomic mass is 10.2. The molecule has 17 heavy (non-hydrogen) atoms. The molecule has 0 aliphatic carbocycles. The highest BCUT2D eigenvalue weighted by molar-refractivity contribution is 9.10. The molecule has 1 aliphatic rings. The van der Waals surface area contributed by atoms with Gasteiger partial charge in [0.15, 0.2) is 0 Å². The van der Waals surface area contributed by atoms with E-state index in [1.165, 1.54) is 12.1 Å². The summed E-state index contributed by atoms with van der Waals surface area (Å²) >= 11 is 3.17. The van der Waals surface area contributed by atoms with Crippen molar-refractivity contribution < 1.29 is 9.18 Å². The Balaban J connectivity index is 0.00000144. The summed E-state index contributed by atoms with van der Waals surface area (Å²) in [5, 5.41) is 0. The molecule has 2 N–H and O–H groups in total. The van der Waals surface area contributed by atoms with E-state index in [0.29, 0.717) is 23.1 Å². The first-order valence-electron chi connectivity index (χ1n) is 5.07. The topological polar surface area (TPSA) is 46.3 Å². The van der Waals surface area contributed by atoms with Gasteiger partial charge in [0.25, 0.3) is 5.91 Å². The maximum absolute atomic E-state index is 13.1. The van der Waals surface area contributed by atoms with E-state index in [4.69, 9.17) is 5.73 Å². The molecule has 0 radical (unpaired) electrons. The standard InChI is InChI=1S/C11H12BrFN2O.ClH/c12-8-3-7(4-9(13)5-8)11(16)15-2-1-10(14)6-15;/h3-5,10H,1-2,6,14H2;1H. The second kappa shape index (κ2) is 5.80. The van der Waals surface area contributed by atoms with Crippen molar-refractivity contribution in [1.29, 1.82) is 0 Å². The number of amides is 1. The SMILES string of the molecule is Cl.NC1CCN(C(=O)c2cc(F)cc(Br)c2)C1. The van der Waals surface area contributed by atoms with E-state index in [-0.39, 0.29) is 24.4 Å². The van der Waals surface area contributed by atoms with Gasteiger partial charge in [-0.3, -0.25) is 4.79 Å². The molecule has 1 aromatic rings. The fraction of sp³-hybridized carbons (Fsp3) is 0.364. The predicted octanol–water partition coefficient (Wildman–Crippen LogP) is 2.18. The molecule has 6 heteroatoms. The number of carbonyl (C=O) groups excluding carboxylic acids is 1. The van der Waals surface area contributed by atoms with Crippen molar-refractivity contribution in [2.75, 3.05) is 13.1 Å². The molecule has 94 valence electrons. The fourth-order valence-electron chi connectivity index (χ4n) is 1.83. The van der Waals surface area contributed by atoms with Gasteiger partial charge in [-0.25, -0.2) is 4.39 Å². The molecule has 1 aromatic carbocycles. The molecule has 1 heterocycles. The van der Waals surface area contributed by atoms with E-state index in [0.717, 1.165) is 6.42 Å². The minimum atomic E-state index is -0.416. The van der Waals surface area contributed by atoms with Crippen LogP contribution in [0, 0.1) is 5.82 Å². The van der Waals surface area contributed by atoms with E-state index in [1.54, 1.807) is 11.0 Å². The molecular formula is C11H13BrClFN2O.